The molecule has 7 heteroatoms. The molecule has 102 valence electrons. The molecule has 1 atom stereocenters. The van der Waals surface area contributed by atoms with Gasteiger partial charge < -0.3 is 5.11 Å². The van der Waals surface area contributed by atoms with Crippen LogP contribution in [0.15, 0.2) is 18.5 Å². The van der Waals surface area contributed by atoms with Crippen LogP contribution in [0.2, 0.25) is 10.0 Å². The smallest absolute Gasteiger partial charge is 0.142 e. The van der Waals surface area contributed by atoms with Gasteiger partial charge in [0.15, 0.2) is 0 Å². The maximum atomic E-state index is 13.5. The minimum atomic E-state index is -1.37. The first-order chi connectivity index (χ1) is 8.81. The summed E-state index contributed by atoms with van der Waals surface area (Å²) in [5, 5.41) is 14.5. The maximum Gasteiger partial charge on any atom is 0.142 e. The normalized spacial score (nSPS) is 14.4. The van der Waals surface area contributed by atoms with Crippen molar-refractivity contribution in [3.63, 3.8) is 0 Å². The molecular formula is C12H12Cl2FN3O. The highest BCUT2D eigenvalue weighted by molar-refractivity contribution is 6.35. The van der Waals surface area contributed by atoms with Crippen molar-refractivity contribution >= 4 is 23.2 Å². The van der Waals surface area contributed by atoms with Crippen LogP contribution in [0, 0.1) is 5.82 Å². The Labute approximate surface area is 119 Å². The molecule has 1 aromatic carbocycles. The number of benzene rings is 1. The molecule has 0 aliphatic rings. The highest BCUT2D eigenvalue weighted by atomic mass is 35.5. The van der Waals surface area contributed by atoms with Crippen molar-refractivity contribution in [1.82, 2.24) is 14.8 Å². The Morgan fingerprint density at radius 3 is 2.63 bits per heavy atom. The van der Waals surface area contributed by atoms with Crippen LogP contribution < -0.4 is 0 Å². The van der Waals surface area contributed by atoms with Gasteiger partial charge in [-0.3, -0.25) is 4.68 Å². The summed E-state index contributed by atoms with van der Waals surface area (Å²) in [6.07, 6.45) is 1.54. The average molecular weight is 304 g/mol. The molecule has 1 heterocycles. The molecule has 2 rings (SSSR count). The van der Waals surface area contributed by atoms with Gasteiger partial charge >= 0.3 is 0 Å². The maximum absolute atomic E-state index is 13.5. The van der Waals surface area contributed by atoms with Gasteiger partial charge in [-0.2, -0.15) is 5.10 Å². The van der Waals surface area contributed by atoms with Crippen LogP contribution in [-0.2, 0) is 19.1 Å². The quantitative estimate of drug-likeness (QED) is 0.887. The standard InChI is InChI=1S/C12H12Cl2FN3O/c1-12(19,5-11-16-6-17-18(11)2)7-3-10(15)9(14)4-8(7)13/h3-4,6,19H,5H2,1-2H3. The highest BCUT2D eigenvalue weighted by Crippen LogP contribution is 2.33. The topological polar surface area (TPSA) is 50.9 Å². The zero-order chi connectivity index (χ0) is 14.2. The first-order valence-electron chi connectivity index (χ1n) is 5.51. The summed E-state index contributed by atoms with van der Waals surface area (Å²) in [4.78, 5) is 4.03. The minimum Gasteiger partial charge on any atom is -0.385 e. The van der Waals surface area contributed by atoms with E-state index in [0.717, 1.165) is 6.07 Å². The van der Waals surface area contributed by atoms with E-state index in [0.29, 0.717) is 5.82 Å². The number of rotatable bonds is 3. The third kappa shape index (κ3) is 2.88. The molecule has 1 aromatic heterocycles. The van der Waals surface area contributed by atoms with Crippen molar-refractivity contribution in [2.45, 2.75) is 18.9 Å². The van der Waals surface area contributed by atoms with Crippen molar-refractivity contribution in [2.75, 3.05) is 0 Å². The van der Waals surface area contributed by atoms with Crippen LogP contribution in [-0.4, -0.2) is 19.9 Å². The van der Waals surface area contributed by atoms with E-state index >= 15 is 0 Å². The van der Waals surface area contributed by atoms with Gasteiger partial charge in [-0.15, -0.1) is 0 Å². The number of hydrogen-bond donors (Lipinski definition) is 1. The lowest BCUT2D eigenvalue weighted by Gasteiger charge is -2.24. The second-order valence-electron chi connectivity index (χ2n) is 4.50. The molecule has 1 N–H and O–H groups in total. The molecule has 0 bridgehead atoms. The fraction of sp³-hybridized carbons (Fsp3) is 0.333. The second-order valence-corrected chi connectivity index (χ2v) is 5.31. The van der Waals surface area contributed by atoms with Crippen molar-refractivity contribution < 1.29 is 9.50 Å². The first-order valence-corrected chi connectivity index (χ1v) is 6.27. The average Bonchev–Trinajstić information content (AvgIpc) is 2.69. The lowest BCUT2D eigenvalue weighted by molar-refractivity contribution is 0.0543. The van der Waals surface area contributed by atoms with E-state index in [1.165, 1.54) is 24.0 Å². The number of aliphatic hydroxyl groups is 1. The SMILES string of the molecule is Cn1ncnc1CC(C)(O)c1cc(F)c(Cl)cc1Cl. The van der Waals surface area contributed by atoms with Gasteiger partial charge in [0, 0.05) is 24.1 Å². The zero-order valence-corrected chi connectivity index (χ0v) is 11.9. The van der Waals surface area contributed by atoms with Crippen LogP contribution in [0.5, 0.6) is 0 Å². The summed E-state index contributed by atoms with van der Waals surface area (Å²) < 4.78 is 15.0. The number of aromatic nitrogens is 3. The first kappa shape index (κ1) is 14.2. The van der Waals surface area contributed by atoms with Gasteiger partial charge in [-0.05, 0) is 19.1 Å². The van der Waals surface area contributed by atoms with E-state index in [1.54, 1.807) is 7.05 Å². The van der Waals surface area contributed by atoms with E-state index in [1.807, 2.05) is 0 Å². The number of halogens is 3. The fourth-order valence-corrected chi connectivity index (χ4v) is 2.41. The van der Waals surface area contributed by atoms with Gasteiger partial charge in [0.05, 0.1) is 10.6 Å². The molecule has 0 saturated carbocycles. The number of hydrogen-bond acceptors (Lipinski definition) is 3. The summed E-state index contributed by atoms with van der Waals surface area (Å²) in [5.74, 6) is -0.0595. The summed E-state index contributed by atoms with van der Waals surface area (Å²) in [7, 11) is 1.71. The van der Waals surface area contributed by atoms with Crippen molar-refractivity contribution in [2.24, 2.45) is 7.05 Å². The lowest BCUT2D eigenvalue weighted by Crippen LogP contribution is -2.26. The van der Waals surface area contributed by atoms with Gasteiger partial charge in [-0.25, -0.2) is 9.37 Å². The highest BCUT2D eigenvalue weighted by Gasteiger charge is 2.29. The van der Waals surface area contributed by atoms with Gasteiger partial charge in [-0.1, -0.05) is 23.2 Å². The Morgan fingerprint density at radius 1 is 1.37 bits per heavy atom. The summed E-state index contributed by atoms with van der Waals surface area (Å²) in [6, 6.07) is 2.42. The number of aryl methyl sites for hydroxylation is 1. The van der Waals surface area contributed by atoms with Crippen LogP contribution in [0.25, 0.3) is 0 Å². The summed E-state index contributed by atoms with van der Waals surface area (Å²) >= 11 is 11.6. The van der Waals surface area contributed by atoms with Gasteiger partial charge in [0.1, 0.15) is 18.0 Å². The second kappa shape index (κ2) is 5.07. The predicted molar refractivity (Wildman–Crippen MR) is 70.7 cm³/mol. The zero-order valence-electron chi connectivity index (χ0n) is 10.4. The van der Waals surface area contributed by atoms with Crippen LogP contribution in [0.1, 0.15) is 18.3 Å². The predicted octanol–water partition coefficient (Wildman–Crippen LogP) is 2.71. The van der Waals surface area contributed by atoms with Crippen LogP contribution in [0.4, 0.5) is 4.39 Å². The molecule has 2 aromatic rings. The Kier molecular flexibility index (Phi) is 3.80. The summed E-state index contributed by atoms with van der Waals surface area (Å²) in [6.45, 7) is 1.54. The lowest BCUT2D eigenvalue weighted by atomic mass is 9.92. The van der Waals surface area contributed by atoms with E-state index in [4.69, 9.17) is 23.2 Å². The van der Waals surface area contributed by atoms with E-state index in [-0.39, 0.29) is 22.0 Å². The Bertz CT molecular complexity index is 613. The van der Waals surface area contributed by atoms with E-state index in [2.05, 4.69) is 10.1 Å². The van der Waals surface area contributed by atoms with Gasteiger partial charge in [0.2, 0.25) is 0 Å². The van der Waals surface area contributed by atoms with Crippen molar-refractivity contribution in [3.05, 3.63) is 45.7 Å². The molecule has 0 saturated heterocycles. The molecule has 0 aliphatic carbocycles. The molecule has 0 amide bonds. The molecule has 0 aliphatic heterocycles. The Hall–Kier alpha value is -1.17. The van der Waals surface area contributed by atoms with Gasteiger partial charge in [0.25, 0.3) is 0 Å². The van der Waals surface area contributed by atoms with Crippen LogP contribution >= 0.6 is 23.2 Å². The Balaban J connectivity index is 2.39. The van der Waals surface area contributed by atoms with E-state index < -0.39 is 11.4 Å². The fourth-order valence-electron chi connectivity index (χ4n) is 1.82. The Morgan fingerprint density at radius 2 is 2.05 bits per heavy atom. The van der Waals surface area contributed by atoms with Crippen molar-refractivity contribution in [3.8, 4) is 0 Å². The monoisotopic (exact) mass is 303 g/mol. The molecule has 4 nitrogen and oxygen atoms in total. The largest absolute Gasteiger partial charge is 0.385 e. The number of nitrogens with zero attached hydrogens (tertiary/aromatic N) is 3. The molecule has 1 unspecified atom stereocenters. The molecule has 0 radical (unpaired) electrons. The third-order valence-electron chi connectivity index (χ3n) is 2.90. The van der Waals surface area contributed by atoms with Crippen LogP contribution in [0.3, 0.4) is 0 Å². The molecule has 0 spiro atoms. The molecule has 19 heavy (non-hydrogen) atoms. The summed E-state index contributed by atoms with van der Waals surface area (Å²) in [5.41, 5.74) is -1.11. The minimum absolute atomic E-state index is 0.0804. The van der Waals surface area contributed by atoms with E-state index in [9.17, 15) is 9.50 Å². The van der Waals surface area contributed by atoms with Crippen molar-refractivity contribution in [1.29, 1.82) is 0 Å². The molecular weight excluding hydrogens is 292 g/mol. The third-order valence-corrected chi connectivity index (χ3v) is 3.50. The molecule has 0 fully saturated rings.